The van der Waals surface area contributed by atoms with Gasteiger partial charge in [-0.3, -0.25) is 10.3 Å². The van der Waals surface area contributed by atoms with Gasteiger partial charge in [0.05, 0.1) is 0 Å². The van der Waals surface area contributed by atoms with E-state index in [-0.39, 0.29) is 0 Å². The molecule has 0 radical (unpaired) electrons. The first-order valence-corrected chi connectivity index (χ1v) is 6.76. The molecule has 1 aromatic rings. The molecular weight excluding hydrogens is 220 g/mol. The molecule has 5 heteroatoms. The SMILES string of the molecule is CC1CCCCCN1Cc1cnc(NN)s1. The summed E-state index contributed by atoms with van der Waals surface area (Å²) in [5.41, 5.74) is 2.60. The van der Waals surface area contributed by atoms with Gasteiger partial charge in [-0.1, -0.05) is 24.2 Å². The van der Waals surface area contributed by atoms with Gasteiger partial charge in [-0.25, -0.2) is 10.8 Å². The predicted octanol–water partition coefficient (Wildman–Crippen LogP) is 2.19. The molecule has 1 atom stereocenters. The van der Waals surface area contributed by atoms with Crippen molar-refractivity contribution in [1.82, 2.24) is 9.88 Å². The molecule has 1 fully saturated rings. The summed E-state index contributed by atoms with van der Waals surface area (Å²) in [5, 5.41) is 0.803. The summed E-state index contributed by atoms with van der Waals surface area (Å²) in [6, 6.07) is 0.693. The Hall–Kier alpha value is -0.650. The third kappa shape index (κ3) is 2.93. The van der Waals surface area contributed by atoms with E-state index < -0.39 is 0 Å². The average molecular weight is 240 g/mol. The number of nitrogens with zero attached hydrogens (tertiary/aromatic N) is 2. The van der Waals surface area contributed by atoms with Crippen LogP contribution in [0.15, 0.2) is 6.20 Å². The number of aromatic nitrogens is 1. The number of likely N-dealkylation sites (tertiary alicyclic amines) is 1. The summed E-state index contributed by atoms with van der Waals surface area (Å²) in [7, 11) is 0. The van der Waals surface area contributed by atoms with Crippen LogP contribution in [0.1, 0.15) is 37.5 Å². The molecule has 1 aliphatic rings. The lowest BCUT2D eigenvalue weighted by Gasteiger charge is -2.25. The summed E-state index contributed by atoms with van der Waals surface area (Å²) < 4.78 is 0. The molecule has 0 bridgehead atoms. The van der Waals surface area contributed by atoms with Crippen molar-refractivity contribution in [2.24, 2.45) is 5.84 Å². The van der Waals surface area contributed by atoms with Gasteiger partial charge in [0.15, 0.2) is 5.13 Å². The molecule has 1 aromatic heterocycles. The maximum Gasteiger partial charge on any atom is 0.197 e. The third-order valence-corrected chi connectivity index (χ3v) is 4.14. The Kier molecular flexibility index (Phi) is 4.15. The topological polar surface area (TPSA) is 54.2 Å². The molecule has 16 heavy (non-hydrogen) atoms. The lowest BCUT2D eigenvalue weighted by atomic mass is 10.1. The second-order valence-electron chi connectivity index (χ2n) is 4.44. The fraction of sp³-hybridized carbons (Fsp3) is 0.727. The summed E-state index contributed by atoms with van der Waals surface area (Å²) in [6.07, 6.45) is 7.32. The zero-order chi connectivity index (χ0) is 11.4. The van der Waals surface area contributed by atoms with Crippen LogP contribution < -0.4 is 11.3 Å². The minimum Gasteiger partial charge on any atom is -0.300 e. The molecule has 0 aliphatic carbocycles. The number of nitrogens with one attached hydrogen (secondary N) is 1. The molecule has 3 N–H and O–H groups in total. The third-order valence-electron chi connectivity index (χ3n) is 3.23. The Morgan fingerprint density at radius 2 is 2.44 bits per heavy atom. The molecule has 0 spiro atoms. The highest BCUT2D eigenvalue weighted by molar-refractivity contribution is 7.15. The molecule has 2 heterocycles. The molecule has 1 unspecified atom stereocenters. The first-order chi connectivity index (χ1) is 7.79. The zero-order valence-electron chi connectivity index (χ0n) is 9.78. The van der Waals surface area contributed by atoms with Gasteiger partial charge in [-0.15, -0.1) is 0 Å². The summed E-state index contributed by atoms with van der Waals surface area (Å²) >= 11 is 1.65. The van der Waals surface area contributed by atoms with Gasteiger partial charge in [-0.2, -0.15) is 0 Å². The van der Waals surface area contributed by atoms with Crippen molar-refractivity contribution in [3.63, 3.8) is 0 Å². The molecule has 2 rings (SSSR count). The van der Waals surface area contributed by atoms with E-state index in [1.54, 1.807) is 11.3 Å². The van der Waals surface area contributed by atoms with Crippen LogP contribution in [0, 0.1) is 0 Å². The smallest absolute Gasteiger partial charge is 0.197 e. The van der Waals surface area contributed by atoms with Crippen LogP contribution in [-0.4, -0.2) is 22.5 Å². The van der Waals surface area contributed by atoms with Crippen LogP contribution in [0.5, 0.6) is 0 Å². The van der Waals surface area contributed by atoms with Crippen LogP contribution >= 0.6 is 11.3 Å². The zero-order valence-corrected chi connectivity index (χ0v) is 10.6. The quantitative estimate of drug-likeness (QED) is 0.628. The number of rotatable bonds is 3. The van der Waals surface area contributed by atoms with E-state index in [0.29, 0.717) is 6.04 Å². The highest BCUT2D eigenvalue weighted by Crippen LogP contribution is 2.23. The molecule has 1 aliphatic heterocycles. The standard InChI is InChI=1S/C11H20N4S/c1-9-5-3-2-4-6-15(9)8-10-7-13-11(14-12)16-10/h7,9H,2-6,8,12H2,1H3,(H,13,14). The number of hydrogen-bond acceptors (Lipinski definition) is 5. The van der Waals surface area contributed by atoms with Crippen LogP contribution in [0.25, 0.3) is 0 Å². The molecule has 1 saturated heterocycles. The van der Waals surface area contributed by atoms with Crippen LogP contribution in [-0.2, 0) is 6.54 Å². The van der Waals surface area contributed by atoms with Crippen LogP contribution in [0.4, 0.5) is 5.13 Å². The Bertz CT molecular complexity index is 326. The molecule has 0 amide bonds. The van der Waals surface area contributed by atoms with Gasteiger partial charge >= 0.3 is 0 Å². The van der Waals surface area contributed by atoms with Crippen molar-refractivity contribution in [1.29, 1.82) is 0 Å². The minimum absolute atomic E-state index is 0.693. The number of nitrogen functional groups attached to an aromatic ring is 1. The van der Waals surface area contributed by atoms with E-state index in [1.165, 1.54) is 37.1 Å². The highest BCUT2D eigenvalue weighted by atomic mass is 32.1. The molecule has 0 saturated carbocycles. The largest absolute Gasteiger partial charge is 0.300 e. The number of nitrogens with two attached hydrogens (primary N) is 1. The van der Waals surface area contributed by atoms with Crippen molar-refractivity contribution in [3.8, 4) is 0 Å². The lowest BCUT2D eigenvalue weighted by Crippen LogP contribution is -2.31. The van der Waals surface area contributed by atoms with E-state index in [9.17, 15) is 0 Å². The Morgan fingerprint density at radius 3 is 3.19 bits per heavy atom. The summed E-state index contributed by atoms with van der Waals surface area (Å²) in [4.78, 5) is 8.05. The first-order valence-electron chi connectivity index (χ1n) is 5.95. The number of hydrazine groups is 1. The molecule has 0 aromatic carbocycles. The van der Waals surface area contributed by atoms with E-state index in [0.717, 1.165) is 11.7 Å². The molecule has 90 valence electrons. The maximum atomic E-state index is 5.33. The number of thiazole rings is 1. The minimum atomic E-state index is 0.693. The fourth-order valence-electron chi connectivity index (χ4n) is 2.22. The summed E-state index contributed by atoms with van der Waals surface area (Å²) in [5.74, 6) is 5.33. The first kappa shape index (κ1) is 11.8. The number of hydrogen-bond donors (Lipinski definition) is 2. The van der Waals surface area contributed by atoms with Crippen molar-refractivity contribution in [3.05, 3.63) is 11.1 Å². The van der Waals surface area contributed by atoms with Crippen molar-refractivity contribution in [2.75, 3.05) is 12.0 Å². The van der Waals surface area contributed by atoms with Crippen molar-refractivity contribution < 1.29 is 0 Å². The van der Waals surface area contributed by atoms with Crippen molar-refractivity contribution in [2.45, 2.75) is 45.2 Å². The lowest BCUT2D eigenvalue weighted by molar-refractivity contribution is 0.206. The Balaban J connectivity index is 1.96. The van der Waals surface area contributed by atoms with E-state index in [1.807, 2.05) is 6.20 Å². The Morgan fingerprint density at radius 1 is 1.56 bits per heavy atom. The van der Waals surface area contributed by atoms with Gasteiger partial charge in [0, 0.05) is 23.7 Å². The Labute approximate surface area is 101 Å². The van der Waals surface area contributed by atoms with Gasteiger partial charge in [0.25, 0.3) is 0 Å². The maximum absolute atomic E-state index is 5.33. The van der Waals surface area contributed by atoms with Gasteiger partial charge in [-0.05, 0) is 26.3 Å². The van der Waals surface area contributed by atoms with Crippen LogP contribution in [0.3, 0.4) is 0 Å². The second-order valence-corrected chi connectivity index (χ2v) is 5.56. The molecule has 4 nitrogen and oxygen atoms in total. The fourth-order valence-corrected chi connectivity index (χ4v) is 2.97. The monoisotopic (exact) mass is 240 g/mol. The average Bonchev–Trinajstić information content (AvgIpc) is 2.65. The predicted molar refractivity (Wildman–Crippen MR) is 68.3 cm³/mol. The summed E-state index contributed by atoms with van der Waals surface area (Å²) in [6.45, 7) is 4.55. The van der Waals surface area contributed by atoms with Gasteiger partial charge in [0.1, 0.15) is 0 Å². The van der Waals surface area contributed by atoms with E-state index in [4.69, 9.17) is 5.84 Å². The van der Waals surface area contributed by atoms with E-state index >= 15 is 0 Å². The normalized spacial score (nSPS) is 23.0. The second kappa shape index (κ2) is 5.61. The highest BCUT2D eigenvalue weighted by Gasteiger charge is 2.17. The van der Waals surface area contributed by atoms with Gasteiger partial charge < -0.3 is 0 Å². The number of anilines is 1. The van der Waals surface area contributed by atoms with E-state index in [2.05, 4.69) is 22.2 Å². The van der Waals surface area contributed by atoms with Gasteiger partial charge in [0.2, 0.25) is 0 Å². The van der Waals surface area contributed by atoms with Crippen LogP contribution in [0.2, 0.25) is 0 Å². The van der Waals surface area contributed by atoms with Crippen molar-refractivity contribution >= 4 is 16.5 Å². The molecular formula is C11H20N4S.